The number of pyridine rings is 1. The number of likely N-dealkylation sites (N-methyl/N-ethyl adjacent to an activating group) is 1. The smallest absolute Gasteiger partial charge is 0.261 e. The Morgan fingerprint density at radius 1 is 1.43 bits per heavy atom. The summed E-state index contributed by atoms with van der Waals surface area (Å²) in [6.45, 7) is 4.68. The molecule has 2 aromatic rings. The van der Waals surface area contributed by atoms with Gasteiger partial charge in [0.1, 0.15) is 0 Å². The lowest BCUT2D eigenvalue weighted by molar-refractivity contribution is 0.304. The molecule has 0 spiro atoms. The standard InChI is InChI=1S/C14H19N5OS/c1-3-5-19-11-4-6-18(2)8-9(11)7-10(13(19)20)12-16-17-14(15)21-12/h7H,3-6,8H2,1-2H3,(H2,15,17). The molecule has 112 valence electrons. The van der Waals surface area contributed by atoms with Gasteiger partial charge in [-0.2, -0.15) is 0 Å². The summed E-state index contributed by atoms with van der Waals surface area (Å²) >= 11 is 1.26. The van der Waals surface area contributed by atoms with Crippen molar-refractivity contribution in [3.8, 4) is 10.6 Å². The molecule has 1 aliphatic rings. The molecule has 7 heteroatoms. The highest BCUT2D eigenvalue weighted by Gasteiger charge is 2.21. The third-order valence-electron chi connectivity index (χ3n) is 3.78. The highest BCUT2D eigenvalue weighted by atomic mass is 32.1. The fourth-order valence-corrected chi connectivity index (χ4v) is 3.43. The Hall–Kier alpha value is -1.73. The second-order valence-electron chi connectivity index (χ2n) is 5.42. The molecule has 0 bridgehead atoms. The zero-order chi connectivity index (χ0) is 15.0. The van der Waals surface area contributed by atoms with Gasteiger partial charge in [0.25, 0.3) is 5.56 Å². The minimum atomic E-state index is 0.0244. The van der Waals surface area contributed by atoms with Crippen LogP contribution in [0.3, 0.4) is 0 Å². The lowest BCUT2D eigenvalue weighted by atomic mass is 10.0. The summed E-state index contributed by atoms with van der Waals surface area (Å²) < 4.78 is 1.91. The molecule has 1 aliphatic heterocycles. The maximum absolute atomic E-state index is 12.8. The van der Waals surface area contributed by atoms with Crippen LogP contribution in [0, 0.1) is 0 Å². The molecule has 2 N–H and O–H groups in total. The van der Waals surface area contributed by atoms with E-state index in [2.05, 4.69) is 29.1 Å². The topological polar surface area (TPSA) is 77.0 Å². The van der Waals surface area contributed by atoms with Crippen LogP contribution in [0.15, 0.2) is 10.9 Å². The van der Waals surface area contributed by atoms with Crippen molar-refractivity contribution >= 4 is 16.5 Å². The van der Waals surface area contributed by atoms with Crippen LogP contribution >= 0.6 is 11.3 Å². The summed E-state index contributed by atoms with van der Waals surface area (Å²) in [6, 6.07) is 1.97. The molecule has 0 aliphatic carbocycles. The summed E-state index contributed by atoms with van der Waals surface area (Å²) in [5.41, 5.74) is 8.67. The first-order valence-corrected chi connectivity index (χ1v) is 7.95. The fourth-order valence-electron chi connectivity index (χ4n) is 2.82. The molecule has 2 aromatic heterocycles. The number of hydrogen-bond acceptors (Lipinski definition) is 6. The summed E-state index contributed by atoms with van der Waals surface area (Å²) in [5.74, 6) is 0. The van der Waals surface area contributed by atoms with Gasteiger partial charge in [0.15, 0.2) is 5.01 Å². The molecule has 3 rings (SSSR count). The number of hydrogen-bond donors (Lipinski definition) is 1. The molecule has 0 fully saturated rings. The lowest BCUT2D eigenvalue weighted by Crippen LogP contribution is -2.34. The Morgan fingerprint density at radius 3 is 2.90 bits per heavy atom. The number of aromatic nitrogens is 3. The summed E-state index contributed by atoms with van der Waals surface area (Å²) in [6.07, 6.45) is 1.85. The number of nitrogens with zero attached hydrogens (tertiary/aromatic N) is 4. The molecule has 0 atom stereocenters. The van der Waals surface area contributed by atoms with Crippen LogP contribution in [-0.4, -0.2) is 33.3 Å². The maximum Gasteiger partial charge on any atom is 0.261 e. The Morgan fingerprint density at radius 2 is 2.24 bits per heavy atom. The molecule has 0 saturated heterocycles. The molecule has 3 heterocycles. The summed E-state index contributed by atoms with van der Waals surface area (Å²) in [4.78, 5) is 15.0. The van der Waals surface area contributed by atoms with Crippen LogP contribution < -0.4 is 11.3 Å². The van der Waals surface area contributed by atoms with Crippen molar-refractivity contribution in [3.63, 3.8) is 0 Å². The van der Waals surface area contributed by atoms with Gasteiger partial charge >= 0.3 is 0 Å². The van der Waals surface area contributed by atoms with Crippen LogP contribution in [0.5, 0.6) is 0 Å². The summed E-state index contributed by atoms with van der Waals surface area (Å²) in [5, 5.41) is 8.86. The van der Waals surface area contributed by atoms with E-state index in [0.717, 1.165) is 32.5 Å². The van der Waals surface area contributed by atoms with Gasteiger partial charge in [0.2, 0.25) is 5.13 Å². The molecule has 0 unspecified atom stereocenters. The minimum absolute atomic E-state index is 0.0244. The van der Waals surface area contributed by atoms with Crippen LogP contribution in [-0.2, 0) is 19.5 Å². The van der Waals surface area contributed by atoms with Crippen LogP contribution in [0.4, 0.5) is 5.13 Å². The van der Waals surface area contributed by atoms with Crippen molar-refractivity contribution in [1.29, 1.82) is 0 Å². The van der Waals surface area contributed by atoms with Crippen molar-refractivity contribution in [2.24, 2.45) is 0 Å². The Labute approximate surface area is 127 Å². The highest BCUT2D eigenvalue weighted by molar-refractivity contribution is 7.18. The van der Waals surface area contributed by atoms with Gasteiger partial charge in [-0.15, -0.1) is 10.2 Å². The number of nitrogens with two attached hydrogens (primary N) is 1. The van der Waals surface area contributed by atoms with Crippen molar-refractivity contribution in [2.45, 2.75) is 32.9 Å². The zero-order valence-electron chi connectivity index (χ0n) is 12.3. The van der Waals surface area contributed by atoms with E-state index in [1.165, 1.54) is 22.6 Å². The van der Waals surface area contributed by atoms with Gasteiger partial charge in [0, 0.05) is 31.7 Å². The van der Waals surface area contributed by atoms with Crippen molar-refractivity contribution in [2.75, 3.05) is 19.3 Å². The highest BCUT2D eigenvalue weighted by Crippen LogP contribution is 2.26. The van der Waals surface area contributed by atoms with Gasteiger partial charge < -0.3 is 15.2 Å². The lowest BCUT2D eigenvalue weighted by Gasteiger charge is -2.28. The van der Waals surface area contributed by atoms with E-state index in [1.807, 2.05) is 10.6 Å². The van der Waals surface area contributed by atoms with E-state index in [9.17, 15) is 4.79 Å². The normalized spacial score (nSPS) is 15.1. The molecule has 21 heavy (non-hydrogen) atoms. The third kappa shape index (κ3) is 2.58. The zero-order valence-corrected chi connectivity index (χ0v) is 13.1. The second kappa shape index (κ2) is 5.57. The maximum atomic E-state index is 12.8. The van der Waals surface area contributed by atoms with Crippen LogP contribution in [0.25, 0.3) is 10.6 Å². The number of nitrogen functional groups attached to an aromatic ring is 1. The van der Waals surface area contributed by atoms with Crippen LogP contribution in [0.2, 0.25) is 0 Å². The monoisotopic (exact) mass is 305 g/mol. The SMILES string of the molecule is CCCn1c2c(cc(-c3nnc(N)s3)c1=O)CN(C)CC2. The van der Waals surface area contributed by atoms with Gasteiger partial charge in [-0.3, -0.25) is 4.79 Å². The third-order valence-corrected chi connectivity index (χ3v) is 4.57. The van der Waals surface area contributed by atoms with Crippen LogP contribution in [0.1, 0.15) is 24.6 Å². The molecule has 0 aromatic carbocycles. The first-order valence-electron chi connectivity index (χ1n) is 7.13. The average Bonchev–Trinajstić information content (AvgIpc) is 2.88. The number of rotatable bonds is 3. The first kappa shape index (κ1) is 14.2. The largest absolute Gasteiger partial charge is 0.374 e. The molecule has 0 saturated carbocycles. The van der Waals surface area contributed by atoms with Gasteiger partial charge in [-0.05, 0) is 25.1 Å². The van der Waals surface area contributed by atoms with Crippen molar-refractivity contribution in [1.82, 2.24) is 19.7 Å². The van der Waals surface area contributed by atoms with E-state index in [1.54, 1.807) is 0 Å². The minimum Gasteiger partial charge on any atom is -0.374 e. The predicted molar refractivity (Wildman–Crippen MR) is 84.3 cm³/mol. The Bertz CT molecular complexity index is 721. The molecular weight excluding hydrogens is 286 g/mol. The van der Waals surface area contributed by atoms with E-state index in [0.29, 0.717) is 15.7 Å². The van der Waals surface area contributed by atoms with E-state index < -0.39 is 0 Å². The predicted octanol–water partition coefficient (Wildman–Crippen LogP) is 1.35. The second-order valence-corrected chi connectivity index (χ2v) is 6.43. The number of anilines is 1. The molecule has 0 radical (unpaired) electrons. The number of fused-ring (bicyclic) bond motifs is 1. The first-order chi connectivity index (χ1) is 10.1. The van der Waals surface area contributed by atoms with Crippen molar-refractivity contribution in [3.05, 3.63) is 27.7 Å². The average molecular weight is 305 g/mol. The van der Waals surface area contributed by atoms with E-state index in [-0.39, 0.29) is 5.56 Å². The van der Waals surface area contributed by atoms with Gasteiger partial charge in [0.05, 0.1) is 5.56 Å². The summed E-state index contributed by atoms with van der Waals surface area (Å²) in [7, 11) is 2.10. The van der Waals surface area contributed by atoms with Gasteiger partial charge in [-0.25, -0.2) is 0 Å². The molecular formula is C14H19N5OS. The Kier molecular flexibility index (Phi) is 3.77. The van der Waals surface area contributed by atoms with Gasteiger partial charge in [-0.1, -0.05) is 18.3 Å². The van der Waals surface area contributed by atoms with E-state index in [4.69, 9.17) is 5.73 Å². The quantitative estimate of drug-likeness (QED) is 0.926. The van der Waals surface area contributed by atoms with Crippen molar-refractivity contribution < 1.29 is 0 Å². The molecule has 6 nitrogen and oxygen atoms in total. The molecule has 0 amide bonds. The van der Waals surface area contributed by atoms with E-state index >= 15 is 0 Å². The fraction of sp³-hybridized carbons (Fsp3) is 0.500. The Balaban J connectivity index is 2.19.